The summed E-state index contributed by atoms with van der Waals surface area (Å²) in [7, 11) is 1.77. The first-order chi connectivity index (χ1) is 9.50. The van der Waals surface area contributed by atoms with Gasteiger partial charge in [0.05, 0.1) is 0 Å². The van der Waals surface area contributed by atoms with Gasteiger partial charge < -0.3 is 10.6 Å². The van der Waals surface area contributed by atoms with Gasteiger partial charge in [0.1, 0.15) is 6.04 Å². The van der Waals surface area contributed by atoms with Gasteiger partial charge in [-0.1, -0.05) is 48.0 Å². The van der Waals surface area contributed by atoms with Crippen LogP contribution in [0.15, 0.2) is 48.5 Å². The molecule has 0 unspecified atom stereocenters. The van der Waals surface area contributed by atoms with Gasteiger partial charge in [0.2, 0.25) is 5.91 Å². The Morgan fingerprint density at radius 2 is 1.75 bits per heavy atom. The number of amides is 1. The fourth-order valence-electron chi connectivity index (χ4n) is 2.31. The fraction of sp³-hybridized carbons (Fsp3) is 0.235. The zero-order chi connectivity index (χ0) is 14.7. The zero-order valence-corrected chi connectivity index (χ0v) is 12.1. The summed E-state index contributed by atoms with van der Waals surface area (Å²) in [5.74, 6) is -0.108. The summed E-state index contributed by atoms with van der Waals surface area (Å²) >= 11 is 0. The third-order valence-electron chi connectivity index (χ3n) is 3.47. The lowest BCUT2D eigenvalue weighted by atomic mass is 10.1. The Hall–Kier alpha value is -2.13. The number of rotatable bonds is 3. The number of hydrogen-bond donors (Lipinski definition) is 1. The van der Waals surface area contributed by atoms with Crippen LogP contribution in [0.5, 0.6) is 0 Å². The number of nitrogens with zero attached hydrogens (tertiary/aromatic N) is 1. The lowest BCUT2D eigenvalue weighted by Crippen LogP contribution is -2.36. The van der Waals surface area contributed by atoms with Crippen molar-refractivity contribution in [1.82, 2.24) is 0 Å². The third kappa shape index (κ3) is 2.89. The van der Waals surface area contributed by atoms with Gasteiger partial charge in [-0.3, -0.25) is 4.79 Å². The Morgan fingerprint density at radius 1 is 1.10 bits per heavy atom. The van der Waals surface area contributed by atoms with Crippen molar-refractivity contribution in [1.29, 1.82) is 0 Å². The molecule has 3 heteroatoms. The standard InChI is InChI=1S/C17H20N2O/c1-12-9-10-15(13(2)11-12)19(3)17(20)16(18)14-7-5-4-6-8-14/h4-11,16H,18H2,1-3H3/t16-/m1/s1. The zero-order valence-electron chi connectivity index (χ0n) is 12.1. The van der Waals surface area contributed by atoms with Crippen LogP contribution in [0.4, 0.5) is 5.69 Å². The van der Waals surface area contributed by atoms with Crippen LogP contribution in [0.25, 0.3) is 0 Å². The molecule has 0 aliphatic heterocycles. The molecule has 0 spiro atoms. The summed E-state index contributed by atoms with van der Waals surface area (Å²) in [4.78, 5) is 14.1. The monoisotopic (exact) mass is 268 g/mol. The molecule has 2 rings (SSSR count). The van der Waals surface area contributed by atoms with E-state index in [4.69, 9.17) is 5.73 Å². The van der Waals surface area contributed by atoms with E-state index in [0.29, 0.717) is 0 Å². The SMILES string of the molecule is Cc1ccc(N(C)C(=O)[C@H](N)c2ccccc2)c(C)c1. The summed E-state index contributed by atoms with van der Waals surface area (Å²) in [5, 5.41) is 0. The molecule has 3 nitrogen and oxygen atoms in total. The molecule has 0 aliphatic carbocycles. The highest BCUT2D eigenvalue weighted by Gasteiger charge is 2.21. The van der Waals surface area contributed by atoms with Crippen molar-refractivity contribution in [3.05, 3.63) is 65.2 Å². The summed E-state index contributed by atoms with van der Waals surface area (Å²) < 4.78 is 0. The number of aryl methyl sites for hydroxylation is 2. The number of anilines is 1. The molecule has 0 fully saturated rings. The molecular formula is C17H20N2O. The van der Waals surface area contributed by atoms with Crippen LogP contribution in [-0.4, -0.2) is 13.0 Å². The number of carbonyl (C=O) groups is 1. The maximum atomic E-state index is 12.5. The average Bonchev–Trinajstić information content (AvgIpc) is 2.46. The largest absolute Gasteiger partial charge is 0.316 e. The molecule has 2 N–H and O–H groups in total. The van der Waals surface area contributed by atoms with E-state index in [-0.39, 0.29) is 5.91 Å². The van der Waals surface area contributed by atoms with Gasteiger partial charge in [-0.05, 0) is 31.0 Å². The van der Waals surface area contributed by atoms with E-state index in [9.17, 15) is 4.79 Å². The molecule has 0 saturated carbocycles. The second-order valence-electron chi connectivity index (χ2n) is 5.08. The van der Waals surface area contributed by atoms with Crippen LogP contribution in [0.2, 0.25) is 0 Å². The van der Waals surface area contributed by atoms with Crippen LogP contribution in [0, 0.1) is 13.8 Å². The van der Waals surface area contributed by atoms with Gasteiger partial charge in [-0.25, -0.2) is 0 Å². The van der Waals surface area contributed by atoms with Crippen molar-refractivity contribution in [3.8, 4) is 0 Å². The normalized spacial score (nSPS) is 12.0. The van der Waals surface area contributed by atoms with E-state index >= 15 is 0 Å². The Labute approximate surface area is 120 Å². The number of benzene rings is 2. The van der Waals surface area contributed by atoms with Crippen molar-refractivity contribution in [2.45, 2.75) is 19.9 Å². The smallest absolute Gasteiger partial charge is 0.248 e. The van der Waals surface area contributed by atoms with Crippen molar-refractivity contribution < 1.29 is 4.79 Å². The molecule has 2 aromatic rings. The highest BCUT2D eigenvalue weighted by atomic mass is 16.2. The van der Waals surface area contributed by atoms with E-state index in [0.717, 1.165) is 16.8 Å². The molecule has 104 valence electrons. The fourth-order valence-corrected chi connectivity index (χ4v) is 2.31. The second kappa shape index (κ2) is 5.88. The highest BCUT2D eigenvalue weighted by Crippen LogP contribution is 2.23. The Balaban J connectivity index is 2.24. The van der Waals surface area contributed by atoms with Crippen LogP contribution in [0.1, 0.15) is 22.7 Å². The van der Waals surface area contributed by atoms with E-state index in [1.54, 1.807) is 11.9 Å². The van der Waals surface area contributed by atoms with Crippen LogP contribution < -0.4 is 10.6 Å². The van der Waals surface area contributed by atoms with Gasteiger partial charge in [0.25, 0.3) is 0 Å². The summed E-state index contributed by atoms with van der Waals surface area (Å²) in [6, 6.07) is 14.8. The second-order valence-corrected chi connectivity index (χ2v) is 5.08. The minimum absolute atomic E-state index is 0.108. The van der Waals surface area contributed by atoms with Gasteiger partial charge in [0.15, 0.2) is 0 Å². The van der Waals surface area contributed by atoms with Crippen molar-refractivity contribution in [2.24, 2.45) is 5.73 Å². The molecule has 20 heavy (non-hydrogen) atoms. The minimum atomic E-state index is -0.637. The molecule has 0 radical (unpaired) electrons. The van der Waals surface area contributed by atoms with E-state index in [2.05, 4.69) is 6.07 Å². The van der Waals surface area contributed by atoms with E-state index in [1.165, 1.54) is 5.56 Å². The van der Waals surface area contributed by atoms with Crippen molar-refractivity contribution >= 4 is 11.6 Å². The Bertz CT molecular complexity index is 608. The Kier molecular flexibility index (Phi) is 4.20. The molecule has 1 amide bonds. The number of hydrogen-bond acceptors (Lipinski definition) is 2. The first-order valence-corrected chi connectivity index (χ1v) is 6.66. The molecule has 0 aliphatic rings. The lowest BCUT2D eigenvalue weighted by molar-refractivity contribution is -0.119. The van der Waals surface area contributed by atoms with E-state index < -0.39 is 6.04 Å². The minimum Gasteiger partial charge on any atom is -0.316 e. The maximum absolute atomic E-state index is 12.5. The van der Waals surface area contributed by atoms with Gasteiger partial charge in [-0.2, -0.15) is 0 Å². The topological polar surface area (TPSA) is 46.3 Å². The predicted molar refractivity (Wildman–Crippen MR) is 82.7 cm³/mol. The van der Waals surface area contributed by atoms with Crippen molar-refractivity contribution in [3.63, 3.8) is 0 Å². The van der Waals surface area contributed by atoms with Crippen LogP contribution in [0.3, 0.4) is 0 Å². The van der Waals surface area contributed by atoms with E-state index in [1.807, 2.05) is 56.3 Å². The molecule has 1 atom stereocenters. The first-order valence-electron chi connectivity index (χ1n) is 6.66. The van der Waals surface area contributed by atoms with Crippen LogP contribution >= 0.6 is 0 Å². The Morgan fingerprint density at radius 3 is 2.35 bits per heavy atom. The maximum Gasteiger partial charge on any atom is 0.248 e. The van der Waals surface area contributed by atoms with Crippen LogP contribution in [-0.2, 0) is 4.79 Å². The quantitative estimate of drug-likeness (QED) is 0.930. The third-order valence-corrected chi connectivity index (χ3v) is 3.47. The summed E-state index contributed by atoms with van der Waals surface area (Å²) in [6.07, 6.45) is 0. The highest BCUT2D eigenvalue weighted by molar-refractivity contribution is 5.97. The van der Waals surface area contributed by atoms with Gasteiger partial charge >= 0.3 is 0 Å². The van der Waals surface area contributed by atoms with Crippen molar-refractivity contribution in [2.75, 3.05) is 11.9 Å². The number of nitrogens with two attached hydrogens (primary N) is 1. The summed E-state index contributed by atoms with van der Waals surface area (Å²) in [5.41, 5.74) is 10.0. The van der Waals surface area contributed by atoms with Gasteiger partial charge in [-0.15, -0.1) is 0 Å². The molecule has 2 aromatic carbocycles. The molecule has 0 saturated heterocycles. The molecular weight excluding hydrogens is 248 g/mol. The summed E-state index contributed by atoms with van der Waals surface area (Å²) in [6.45, 7) is 4.04. The lowest BCUT2D eigenvalue weighted by Gasteiger charge is -2.23. The number of likely N-dealkylation sites (N-methyl/N-ethyl adjacent to an activating group) is 1. The molecule has 0 aromatic heterocycles. The average molecular weight is 268 g/mol. The predicted octanol–water partition coefficient (Wildman–Crippen LogP) is 2.97. The first kappa shape index (κ1) is 14.3. The molecule has 0 heterocycles. The van der Waals surface area contributed by atoms with Gasteiger partial charge in [0, 0.05) is 12.7 Å². The molecule has 0 bridgehead atoms. The number of carbonyl (C=O) groups excluding carboxylic acids is 1.